The molecule has 0 spiro atoms. The minimum absolute atomic E-state index is 0.114. The van der Waals surface area contributed by atoms with Gasteiger partial charge in [0.15, 0.2) is 9.84 Å². The molecule has 0 aliphatic heterocycles. The third kappa shape index (κ3) is 5.00. The number of carbonyl (C=O) groups excluding carboxylic acids is 1. The Hall–Kier alpha value is -1.08. The molecule has 0 saturated heterocycles. The topological polar surface area (TPSA) is 89.3 Å². The monoisotopic (exact) mass is 374 g/mol. The molecule has 1 aliphatic rings. The molecule has 0 heterocycles. The average molecular weight is 375 g/mol. The first kappa shape index (κ1) is 16.3. The number of rotatable bonds is 5. The van der Waals surface area contributed by atoms with E-state index < -0.39 is 21.5 Å². The van der Waals surface area contributed by atoms with Crippen LogP contribution in [0.4, 0.5) is 11.4 Å². The predicted molar refractivity (Wildman–Crippen MR) is 87.8 cm³/mol. The molecular weight excluding hydrogens is 356 g/mol. The molecule has 1 saturated carbocycles. The summed E-state index contributed by atoms with van der Waals surface area (Å²) in [5.41, 5.74) is 6.70. The normalized spacial score (nSPS) is 16.0. The number of hydrogen-bond donors (Lipinski definition) is 2. The summed E-state index contributed by atoms with van der Waals surface area (Å²) in [5, 5.41) is 2.60. The molecule has 1 amide bonds. The molecule has 21 heavy (non-hydrogen) atoms. The van der Waals surface area contributed by atoms with E-state index in [1.54, 1.807) is 18.2 Å². The maximum atomic E-state index is 12.0. The standard InChI is InChI=1S/C14H19BrN2O3S/c15-12-7-11(16)5-6-13(12)17-14(18)9-21(19,20)8-10-3-1-2-4-10/h5-7,10H,1-4,8-9,16H2,(H,17,18). The van der Waals surface area contributed by atoms with Crippen LogP contribution in [-0.4, -0.2) is 25.8 Å². The molecular formula is C14H19BrN2O3S. The number of nitrogens with two attached hydrogens (primary N) is 1. The summed E-state index contributed by atoms with van der Waals surface area (Å²) < 4.78 is 24.7. The number of sulfone groups is 1. The Morgan fingerprint density at radius 1 is 1.33 bits per heavy atom. The lowest BCUT2D eigenvalue weighted by Gasteiger charge is -2.11. The van der Waals surface area contributed by atoms with Crippen LogP contribution in [0.2, 0.25) is 0 Å². The maximum Gasteiger partial charge on any atom is 0.239 e. The van der Waals surface area contributed by atoms with Crippen LogP contribution in [0.1, 0.15) is 25.7 Å². The maximum absolute atomic E-state index is 12.0. The molecule has 0 bridgehead atoms. The van der Waals surface area contributed by atoms with Gasteiger partial charge in [0.2, 0.25) is 5.91 Å². The van der Waals surface area contributed by atoms with E-state index in [4.69, 9.17) is 5.73 Å². The van der Waals surface area contributed by atoms with Crippen LogP contribution in [0.25, 0.3) is 0 Å². The first-order chi connectivity index (χ1) is 9.85. The van der Waals surface area contributed by atoms with E-state index in [0.29, 0.717) is 15.8 Å². The molecule has 5 nitrogen and oxygen atoms in total. The van der Waals surface area contributed by atoms with E-state index in [1.165, 1.54) is 0 Å². The SMILES string of the molecule is Nc1ccc(NC(=O)CS(=O)(=O)CC2CCCC2)c(Br)c1. The van der Waals surface area contributed by atoms with Crippen molar-refractivity contribution in [2.75, 3.05) is 22.6 Å². The molecule has 2 rings (SSSR count). The second kappa shape index (κ2) is 6.79. The number of amides is 1. The van der Waals surface area contributed by atoms with Gasteiger partial charge in [-0.3, -0.25) is 4.79 Å². The molecule has 0 atom stereocenters. The van der Waals surface area contributed by atoms with E-state index in [-0.39, 0.29) is 11.7 Å². The molecule has 7 heteroatoms. The Labute approximate surface area is 133 Å². The van der Waals surface area contributed by atoms with Crippen molar-refractivity contribution in [3.05, 3.63) is 22.7 Å². The summed E-state index contributed by atoms with van der Waals surface area (Å²) >= 11 is 3.28. The second-order valence-corrected chi connectivity index (χ2v) is 8.46. The second-order valence-electron chi connectivity index (χ2n) is 5.49. The Bertz CT molecular complexity index is 625. The molecule has 0 radical (unpaired) electrons. The highest BCUT2D eigenvalue weighted by Gasteiger charge is 2.24. The number of anilines is 2. The lowest BCUT2D eigenvalue weighted by atomic mass is 10.1. The number of benzene rings is 1. The van der Waals surface area contributed by atoms with E-state index in [0.717, 1.165) is 25.7 Å². The summed E-state index contributed by atoms with van der Waals surface area (Å²) in [4.78, 5) is 11.9. The summed E-state index contributed by atoms with van der Waals surface area (Å²) in [6.07, 6.45) is 4.07. The Kier molecular flexibility index (Phi) is 5.27. The van der Waals surface area contributed by atoms with Crippen molar-refractivity contribution in [1.29, 1.82) is 0 Å². The zero-order valence-corrected chi connectivity index (χ0v) is 14.0. The number of nitrogens with one attached hydrogen (secondary N) is 1. The molecule has 1 aliphatic carbocycles. The quantitative estimate of drug-likeness (QED) is 0.775. The van der Waals surface area contributed by atoms with Crippen LogP contribution in [0.5, 0.6) is 0 Å². The number of hydrogen-bond acceptors (Lipinski definition) is 4. The van der Waals surface area contributed by atoms with Crippen LogP contribution < -0.4 is 11.1 Å². The molecule has 1 aromatic rings. The van der Waals surface area contributed by atoms with Crippen molar-refractivity contribution >= 4 is 43.0 Å². The highest BCUT2D eigenvalue weighted by molar-refractivity contribution is 9.10. The first-order valence-corrected chi connectivity index (χ1v) is 9.52. The van der Waals surface area contributed by atoms with Gasteiger partial charge in [0.25, 0.3) is 0 Å². The Morgan fingerprint density at radius 2 is 2.00 bits per heavy atom. The molecule has 0 aromatic heterocycles. The van der Waals surface area contributed by atoms with E-state index in [9.17, 15) is 13.2 Å². The van der Waals surface area contributed by atoms with Gasteiger partial charge in [-0.2, -0.15) is 0 Å². The van der Waals surface area contributed by atoms with Gasteiger partial charge in [0, 0.05) is 10.2 Å². The highest BCUT2D eigenvalue weighted by Crippen LogP contribution is 2.27. The number of halogens is 1. The summed E-state index contributed by atoms with van der Waals surface area (Å²) in [6.45, 7) is 0. The predicted octanol–water partition coefficient (Wildman–Crippen LogP) is 2.57. The van der Waals surface area contributed by atoms with Crippen LogP contribution in [0.15, 0.2) is 22.7 Å². The Balaban J connectivity index is 1.94. The van der Waals surface area contributed by atoms with Gasteiger partial charge in [-0.1, -0.05) is 12.8 Å². The molecule has 1 aromatic carbocycles. The van der Waals surface area contributed by atoms with Crippen molar-refractivity contribution in [3.63, 3.8) is 0 Å². The molecule has 1 fully saturated rings. The number of carbonyl (C=O) groups is 1. The van der Waals surface area contributed by atoms with Gasteiger partial charge in [-0.15, -0.1) is 0 Å². The molecule has 116 valence electrons. The summed E-state index contributed by atoms with van der Waals surface area (Å²) in [6, 6.07) is 4.94. The average Bonchev–Trinajstić information content (AvgIpc) is 2.84. The minimum Gasteiger partial charge on any atom is -0.399 e. The third-order valence-corrected chi connectivity index (χ3v) is 5.92. The molecule has 3 N–H and O–H groups in total. The first-order valence-electron chi connectivity index (χ1n) is 6.91. The molecule has 0 unspecified atom stereocenters. The van der Waals surface area contributed by atoms with Gasteiger partial charge in [-0.05, 0) is 52.9 Å². The van der Waals surface area contributed by atoms with E-state index in [2.05, 4.69) is 21.2 Å². The smallest absolute Gasteiger partial charge is 0.239 e. The van der Waals surface area contributed by atoms with Gasteiger partial charge < -0.3 is 11.1 Å². The van der Waals surface area contributed by atoms with Gasteiger partial charge in [0.1, 0.15) is 5.75 Å². The zero-order chi connectivity index (χ0) is 15.5. The van der Waals surface area contributed by atoms with E-state index >= 15 is 0 Å². The van der Waals surface area contributed by atoms with Crippen LogP contribution in [0, 0.1) is 5.92 Å². The lowest BCUT2D eigenvalue weighted by molar-refractivity contribution is -0.113. The van der Waals surface area contributed by atoms with Crippen molar-refractivity contribution < 1.29 is 13.2 Å². The van der Waals surface area contributed by atoms with Crippen LogP contribution in [0.3, 0.4) is 0 Å². The van der Waals surface area contributed by atoms with Gasteiger partial charge in [-0.25, -0.2) is 8.42 Å². The number of nitrogen functional groups attached to an aromatic ring is 1. The summed E-state index contributed by atoms with van der Waals surface area (Å²) in [5.74, 6) is -0.659. The minimum atomic E-state index is -3.36. The zero-order valence-electron chi connectivity index (χ0n) is 11.6. The fourth-order valence-corrected chi connectivity index (χ4v) is 4.75. The fraction of sp³-hybridized carbons (Fsp3) is 0.500. The van der Waals surface area contributed by atoms with Crippen LogP contribution >= 0.6 is 15.9 Å². The highest BCUT2D eigenvalue weighted by atomic mass is 79.9. The van der Waals surface area contributed by atoms with E-state index in [1.807, 2.05) is 0 Å². The van der Waals surface area contributed by atoms with Crippen LogP contribution in [-0.2, 0) is 14.6 Å². The Morgan fingerprint density at radius 3 is 2.62 bits per heavy atom. The third-order valence-electron chi connectivity index (χ3n) is 3.58. The van der Waals surface area contributed by atoms with Crippen molar-refractivity contribution in [1.82, 2.24) is 0 Å². The van der Waals surface area contributed by atoms with Gasteiger partial charge >= 0.3 is 0 Å². The largest absolute Gasteiger partial charge is 0.399 e. The fourth-order valence-electron chi connectivity index (χ4n) is 2.61. The van der Waals surface area contributed by atoms with Crippen molar-refractivity contribution in [3.8, 4) is 0 Å². The van der Waals surface area contributed by atoms with Crippen molar-refractivity contribution in [2.24, 2.45) is 5.92 Å². The summed E-state index contributed by atoms with van der Waals surface area (Å²) in [7, 11) is -3.36. The lowest BCUT2D eigenvalue weighted by Crippen LogP contribution is -2.27. The van der Waals surface area contributed by atoms with Gasteiger partial charge in [0.05, 0.1) is 11.4 Å². The van der Waals surface area contributed by atoms with Crippen molar-refractivity contribution in [2.45, 2.75) is 25.7 Å².